The molecule has 0 fully saturated rings. The van der Waals surface area contributed by atoms with Gasteiger partial charge >= 0.3 is 5.77 Å². The lowest BCUT2D eigenvalue weighted by Gasteiger charge is -2.31. The van der Waals surface area contributed by atoms with Gasteiger partial charge < -0.3 is 4.52 Å². The third kappa shape index (κ3) is 17.3. The molecule has 0 aliphatic heterocycles. The highest BCUT2D eigenvalue weighted by molar-refractivity contribution is 8.89. The normalized spacial score (nSPS) is 17.1. The molecule has 0 aliphatic rings. The van der Waals surface area contributed by atoms with Crippen molar-refractivity contribution >= 4 is 28.5 Å². The summed E-state index contributed by atoms with van der Waals surface area (Å²) in [6.07, 6.45) is 13.9. The third-order valence-electron chi connectivity index (χ3n) is 5.68. The monoisotopic (exact) mass is 508 g/mol. The van der Waals surface area contributed by atoms with Crippen LogP contribution in [0.4, 0.5) is 0 Å². The van der Waals surface area contributed by atoms with Gasteiger partial charge in [0.2, 0.25) is 0 Å². The second-order valence-electron chi connectivity index (χ2n) is 10.9. The Bertz CT molecular complexity index is 416. The zero-order valence-corrected chi connectivity index (χ0v) is 25.6. The maximum absolute atomic E-state index is 14.6. The van der Waals surface area contributed by atoms with Gasteiger partial charge in [0.1, 0.15) is 0 Å². The average molecular weight is 509 g/mol. The van der Waals surface area contributed by atoms with E-state index in [0.29, 0.717) is 28.3 Å². The fourth-order valence-electron chi connectivity index (χ4n) is 4.14. The first-order valence-electron chi connectivity index (χ1n) is 13.7. The van der Waals surface area contributed by atoms with Crippen molar-refractivity contribution in [1.82, 2.24) is 0 Å². The Labute approximate surface area is 210 Å². The summed E-state index contributed by atoms with van der Waals surface area (Å²) in [5, 5.41) is 0.870. The van der Waals surface area contributed by atoms with Gasteiger partial charge in [-0.25, -0.2) is 0 Å². The summed E-state index contributed by atoms with van der Waals surface area (Å²) in [4.78, 5) is 0. The molecule has 0 N–H and O–H groups in total. The van der Waals surface area contributed by atoms with Crippen LogP contribution in [0.3, 0.4) is 0 Å². The molecule has 0 amide bonds. The molecule has 3 unspecified atom stereocenters. The van der Waals surface area contributed by atoms with Crippen LogP contribution in [0.2, 0.25) is 0 Å². The van der Waals surface area contributed by atoms with Crippen molar-refractivity contribution in [3.8, 4) is 0 Å². The molecule has 0 bridgehead atoms. The van der Waals surface area contributed by atoms with Gasteiger partial charge in [0.15, 0.2) is 0 Å². The van der Waals surface area contributed by atoms with E-state index in [1.807, 2.05) is 0 Å². The summed E-state index contributed by atoms with van der Waals surface area (Å²) < 4.78 is 21.3. The van der Waals surface area contributed by atoms with Crippen LogP contribution in [-0.2, 0) is 9.09 Å². The maximum Gasteiger partial charge on any atom is 0.313 e. The van der Waals surface area contributed by atoms with Crippen molar-refractivity contribution in [2.45, 2.75) is 156 Å². The van der Waals surface area contributed by atoms with Crippen LogP contribution in [0.25, 0.3) is 0 Å². The van der Waals surface area contributed by atoms with Crippen LogP contribution in [0.15, 0.2) is 0 Å². The van der Waals surface area contributed by atoms with Crippen molar-refractivity contribution in [1.29, 1.82) is 0 Å². The molecule has 0 heterocycles. The summed E-state index contributed by atoms with van der Waals surface area (Å²) in [7, 11) is 0. The average Bonchev–Trinajstić information content (AvgIpc) is 2.66. The molecular formula is C27H57O2PS2. The van der Waals surface area contributed by atoms with Crippen LogP contribution in [0, 0.1) is 17.8 Å². The van der Waals surface area contributed by atoms with E-state index < -0.39 is 5.77 Å². The van der Waals surface area contributed by atoms with Gasteiger partial charge in [0, 0.05) is 10.5 Å². The molecule has 32 heavy (non-hydrogen) atoms. The highest BCUT2D eigenvalue weighted by atomic mass is 33.1. The molecule has 2 nitrogen and oxygen atoms in total. The van der Waals surface area contributed by atoms with Crippen molar-refractivity contribution in [3.05, 3.63) is 0 Å². The SMILES string of the molecule is CCCCC(CC(C)C)OP(=O)(SC(CCCC)CC(C)C)SC(CCCC)CC(C)C. The summed E-state index contributed by atoms with van der Waals surface area (Å²) >= 11 is 3.47. The Kier molecular flexibility index (Phi) is 19.7. The predicted octanol–water partition coefficient (Wildman–Crippen LogP) is 11.4. The first-order valence-corrected chi connectivity index (χ1v) is 18.3. The Balaban J connectivity index is 5.76. The second-order valence-corrected chi connectivity index (χ2v) is 18.6. The molecule has 3 atom stereocenters. The topological polar surface area (TPSA) is 26.3 Å². The summed E-state index contributed by atoms with van der Waals surface area (Å²) in [6.45, 7) is 20.5. The quantitative estimate of drug-likeness (QED) is 0.144. The molecule has 194 valence electrons. The van der Waals surface area contributed by atoms with Gasteiger partial charge in [0.25, 0.3) is 0 Å². The van der Waals surface area contributed by atoms with Crippen LogP contribution in [0.5, 0.6) is 0 Å². The Morgan fingerprint density at radius 1 is 0.625 bits per heavy atom. The summed E-state index contributed by atoms with van der Waals surface area (Å²) in [5.41, 5.74) is 0. The van der Waals surface area contributed by atoms with Gasteiger partial charge in [-0.1, -0.05) is 124 Å². The summed E-state index contributed by atoms with van der Waals surface area (Å²) in [5.74, 6) is -1.02. The van der Waals surface area contributed by atoms with Gasteiger partial charge in [0.05, 0.1) is 6.10 Å². The smallest absolute Gasteiger partial charge is 0.310 e. The fraction of sp³-hybridized carbons (Fsp3) is 1.00. The van der Waals surface area contributed by atoms with E-state index in [0.717, 1.165) is 44.9 Å². The molecule has 0 aromatic carbocycles. The maximum atomic E-state index is 14.6. The molecule has 0 spiro atoms. The lowest BCUT2D eigenvalue weighted by atomic mass is 10.0. The van der Waals surface area contributed by atoms with Crippen molar-refractivity contribution in [3.63, 3.8) is 0 Å². The first-order chi connectivity index (χ1) is 15.0. The number of hydrogen-bond donors (Lipinski definition) is 0. The van der Waals surface area contributed by atoms with E-state index in [-0.39, 0.29) is 6.10 Å². The molecule has 0 radical (unpaired) electrons. The van der Waals surface area contributed by atoms with Gasteiger partial charge in [-0.2, -0.15) is 0 Å². The number of unbranched alkanes of at least 4 members (excludes halogenated alkanes) is 3. The Hall–Kier alpha value is 0.890. The van der Waals surface area contributed by atoms with E-state index in [1.165, 1.54) is 32.1 Å². The zero-order valence-electron chi connectivity index (χ0n) is 23.0. The summed E-state index contributed by atoms with van der Waals surface area (Å²) in [6, 6.07) is 0. The third-order valence-corrected chi connectivity index (χ3v) is 13.6. The molecule has 0 rings (SSSR count). The largest absolute Gasteiger partial charge is 0.313 e. The molecule has 5 heteroatoms. The van der Waals surface area contributed by atoms with Gasteiger partial charge in [-0.3, -0.25) is 4.57 Å². The van der Waals surface area contributed by atoms with E-state index in [9.17, 15) is 4.57 Å². The zero-order chi connectivity index (χ0) is 24.6. The predicted molar refractivity (Wildman–Crippen MR) is 152 cm³/mol. The Morgan fingerprint density at radius 2 is 1.00 bits per heavy atom. The van der Waals surface area contributed by atoms with E-state index >= 15 is 0 Å². The molecular weight excluding hydrogens is 451 g/mol. The molecule has 0 aromatic heterocycles. The lowest BCUT2D eigenvalue weighted by molar-refractivity contribution is 0.175. The second kappa shape index (κ2) is 19.1. The van der Waals surface area contributed by atoms with Crippen LogP contribution in [0.1, 0.15) is 139 Å². The fourth-order valence-corrected chi connectivity index (χ4v) is 14.2. The van der Waals surface area contributed by atoms with Crippen molar-refractivity contribution in [2.75, 3.05) is 0 Å². The van der Waals surface area contributed by atoms with Gasteiger partial charge in [-0.15, -0.1) is 0 Å². The highest BCUT2D eigenvalue weighted by Gasteiger charge is 2.36. The number of hydrogen-bond acceptors (Lipinski definition) is 4. The minimum Gasteiger partial charge on any atom is -0.310 e. The standard InChI is InChI=1S/C27H57O2PS2/c1-10-13-16-25(19-22(4)5)29-30(28,31-26(17-14-11-2)20-23(6)7)32-27(18-15-12-3)21-24(8)9/h22-27H,10-21H2,1-9H3. The Morgan fingerprint density at radius 3 is 1.34 bits per heavy atom. The van der Waals surface area contributed by atoms with Crippen molar-refractivity contribution in [2.24, 2.45) is 17.8 Å². The minimum absolute atomic E-state index is 0.123. The number of rotatable bonds is 21. The van der Waals surface area contributed by atoms with Crippen LogP contribution in [-0.4, -0.2) is 16.6 Å². The van der Waals surface area contributed by atoms with Crippen molar-refractivity contribution < 1.29 is 9.09 Å². The van der Waals surface area contributed by atoms with E-state index in [1.54, 1.807) is 22.8 Å². The van der Waals surface area contributed by atoms with E-state index in [2.05, 4.69) is 62.3 Å². The van der Waals surface area contributed by atoms with Gasteiger partial charge in [-0.05, 0) is 56.3 Å². The minimum atomic E-state index is -2.84. The van der Waals surface area contributed by atoms with Crippen LogP contribution < -0.4 is 0 Å². The molecule has 0 saturated carbocycles. The van der Waals surface area contributed by atoms with E-state index in [4.69, 9.17) is 4.52 Å². The molecule has 0 aromatic rings. The first kappa shape index (κ1) is 32.9. The lowest BCUT2D eigenvalue weighted by Crippen LogP contribution is -2.16. The highest BCUT2D eigenvalue weighted by Crippen LogP contribution is 2.74. The van der Waals surface area contributed by atoms with Crippen LogP contribution >= 0.6 is 28.5 Å². The molecule has 0 aliphatic carbocycles. The molecule has 0 saturated heterocycles.